The van der Waals surface area contributed by atoms with Crippen LogP contribution in [0.5, 0.6) is 0 Å². The molecule has 0 radical (unpaired) electrons. The first-order valence-electron chi connectivity index (χ1n) is 11.9. The molecule has 2 N–H and O–H groups in total. The molecule has 0 saturated heterocycles. The molecule has 3 amide bonds. The summed E-state index contributed by atoms with van der Waals surface area (Å²) < 4.78 is 0. The number of carbonyl (C=O) groups excluding carboxylic acids is 3. The fourth-order valence-electron chi connectivity index (χ4n) is 4.54. The molecule has 0 spiro atoms. The number of hydrogen-bond donors (Lipinski definition) is 2. The quantitative estimate of drug-likeness (QED) is 0.492. The van der Waals surface area contributed by atoms with Gasteiger partial charge in [-0.1, -0.05) is 36.6 Å². The summed E-state index contributed by atoms with van der Waals surface area (Å²) in [5.74, 6) is -0.920. The van der Waals surface area contributed by atoms with Crippen molar-refractivity contribution in [2.24, 2.45) is 0 Å². The lowest BCUT2D eigenvalue weighted by Crippen LogP contribution is -2.49. The van der Waals surface area contributed by atoms with Crippen molar-refractivity contribution in [1.29, 1.82) is 0 Å². The predicted octanol–water partition coefficient (Wildman–Crippen LogP) is 4.32. The molecule has 1 saturated carbocycles. The zero-order valence-corrected chi connectivity index (χ0v) is 20.8. The summed E-state index contributed by atoms with van der Waals surface area (Å²) in [6.45, 7) is 3.67. The predicted molar refractivity (Wildman–Crippen MR) is 137 cm³/mol. The first-order chi connectivity index (χ1) is 16.9. The van der Waals surface area contributed by atoms with Gasteiger partial charge in [-0.3, -0.25) is 24.3 Å². The van der Waals surface area contributed by atoms with Gasteiger partial charge in [0.1, 0.15) is 6.04 Å². The minimum atomic E-state index is -0.897. The number of rotatable bonds is 8. The topological polar surface area (TPSA) is 91.4 Å². The molecular formula is C27H30N4O3S. The second-order valence-corrected chi connectivity index (χ2v) is 9.83. The highest BCUT2D eigenvalue weighted by molar-refractivity contribution is 7.12. The number of pyridine rings is 1. The summed E-state index contributed by atoms with van der Waals surface area (Å²) in [4.78, 5) is 46.1. The molecule has 4 rings (SSSR count). The summed E-state index contributed by atoms with van der Waals surface area (Å²) in [7, 11) is 0. The van der Waals surface area contributed by atoms with E-state index in [1.165, 1.54) is 16.2 Å². The number of amides is 3. The number of hydrogen-bond acceptors (Lipinski definition) is 5. The third-order valence-corrected chi connectivity index (χ3v) is 7.12. The van der Waals surface area contributed by atoms with Gasteiger partial charge in [0.2, 0.25) is 11.8 Å². The number of nitrogens with zero attached hydrogens (tertiary/aromatic N) is 2. The molecule has 1 aromatic carbocycles. The second kappa shape index (κ2) is 11.3. The molecular weight excluding hydrogens is 460 g/mol. The smallest absolute Gasteiger partial charge is 0.261 e. The number of aryl methyl sites for hydroxylation is 2. The second-order valence-electron chi connectivity index (χ2n) is 8.89. The van der Waals surface area contributed by atoms with Crippen molar-refractivity contribution in [3.63, 3.8) is 0 Å². The van der Waals surface area contributed by atoms with Crippen molar-refractivity contribution in [2.75, 3.05) is 11.4 Å². The Morgan fingerprint density at radius 3 is 2.49 bits per heavy atom. The molecule has 0 aliphatic heterocycles. The van der Waals surface area contributed by atoms with Gasteiger partial charge in [-0.15, -0.1) is 11.3 Å². The van der Waals surface area contributed by atoms with E-state index >= 15 is 0 Å². The van der Waals surface area contributed by atoms with Crippen LogP contribution in [0.4, 0.5) is 5.69 Å². The fraction of sp³-hybridized carbons (Fsp3) is 0.333. The maximum Gasteiger partial charge on any atom is 0.261 e. The van der Waals surface area contributed by atoms with Crippen LogP contribution in [-0.2, 0) is 9.59 Å². The zero-order valence-electron chi connectivity index (χ0n) is 20.0. The Morgan fingerprint density at radius 2 is 1.83 bits per heavy atom. The van der Waals surface area contributed by atoms with Crippen LogP contribution in [0.25, 0.3) is 0 Å². The summed E-state index contributed by atoms with van der Waals surface area (Å²) >= 11 is 1.31. The average molecular weight is 491 g/mol. The van der Waals surface area contributed by atoms with E-state index in [4.69, 9.17) is 0 Å². The molecule has 2 aromatic heterocycles. The molecule has 8 heteroatoms. The van der Waals surface area contributed by atoms with Crippen LogP contribution < -0.4 is 15.5 Å². The summed E-state index contributed by atoms with van der Waals surface area (Å²) in [6, 6.07) is 12.0. The lowest BCUT2D eigenvalue weighted by atomic mass is 10.0. The fourth-order valence-corrected chi connectivity index (χ4v) is 5.18. The Balaban J connectivity index is 1.69. The van der Waals surface area contributed by atoms with Crippen LogP contribution in [0.2, 0.25) is 0 Å². The third kappa shape index (κ3) is 5.95. The monoisotopic (exact) mass is 490 g/mol. The highest BCUT2D eigenvalue weighted by Crippen LogP contribution is 2.31. The van der Waals surface area contributed by atoms with E-state index in [9.17, 15) is 14.4 Å². The minimum absolute atomic E-state index is 0.0986. The van der Waals surface area contributed by atoms with E-state index in [-0.39, 0.29) is 30.3 Å². The molecule has 1 atom stereocenters. The van der Waals surface area contributed by atoms with Crippen LogP contribution >= 0.6 is 11.3 Å². The van der Waals surface area contributed by atoms with Gasteiger partial charge in [0.05, 0.1) is 11.4 Å². The third-order valence-electron chi connectivity index (χ3n) is 6.26. The maximum atomic E-state index is 13.7. The molecule has 0 bridgehead atoms. The SMILES string of the molecule is Cc1ccc(N(C(=O)CNC(=O)c2cccs2)C(C(=O)NC2CCCC2)c2ccncc2)c(C)c1. The van der Waals surface area contributed by atoms with Crippen molar-refractivity contribution in [3.8, 4) is 0 Å². The molecule has 2 heterocycles. The van der Waals surface area contributed by atoms with Crippen molar-refractivity contribution >= 4 is 34.7 Å². The lowest BCUT2D eigenvalue weighted by molar-refractivity contribution is -0.126. The molecule has 35 heavy (non-hydrogen) atoms. The molecule has 182 valence electrons. The Morgan fingerprint density at radius 1 is 1.09 bits per heavy atom. The normalized spacial score (nSPS) is 14.3. The maximum absolute atomic E-state index is 13.7. The zero-order chi connectivity index (χ0) is 24.8. The summed E-state index contributed by atoms with van der Waals surface area (Å²) in [5.41, 5.74) is 3.22. The van der Waals surface area contributed by atoms with Gasteiger partial charge in [-0.2, -0.15) is 0 Å². The van der Waals surface area contributed by atoms with E-state index < -0.39 is 6.04 Å². The van der Waals surface area contributed by atoms with Gasteiger partial charge in [0.15, 0.2) is 0 Å². The van der Waals surface area contributed by atoms with Crippen molar-refractivity contribution in [1.82, 2.24) is 15.6 Å². The highest BCUT2D eigenvalue weighted by Gasteiger charge is 2.35. The number of aromatic nitrogens is 1. The first-order valence-corrected chi connectivity index (χ1v) is 12.7. The van der Waals surface area contributed by atoms with Gasteiger partial charge in [-0.05, 0) is 67.5 Å². The summed E-state index contributed by atoms with van der Waals surface area (Å²) in [5, 5.41) is 7.69. The number of thiophene rings is 1. The molecule has 7 nitrogen and oxygen atoms in total. The Bertz CT molecular complexity index is 1170. The van der Waals surface area contributed by atoms with E-state index in [0.29, 0.717) is 16.1 Å². The van der Waals surface area contributed by atoms with Gasteiger partial charge in [0.25, 0.3) is 5.91 Å². The van der Waals surface area contributed by atoms with E-state index in [0.717, 1.165) is 36.8 Å². The average Bonchev–Trinajstić information content (AvgIpc) is 3.56. The number of anilines is 1. The van der Waals surface area contributed by atoms with E-state index in [1.807, 2.05) is 37.4 Å². The van der Waals surface area contributed by atoms with E-state index in [2.05, 4.69) is 15.6 Å². The number of benzene rings is 1. The molecule has 3 aromatic rings. The number of nitrogens with one attached hydrogen (secondary N) is 2. The Hall–Kier alpha value is -3.52. The van der Waals surface area contributed by atoms with Gasteiger partial charge in [0, 0.05) is 24.1 Å². The van der Waals surface area contributed by atoms with Crippen LogP contribution in [-0.4, -0.2) is 35.3 Å². The first kappa shape index (κ1) is 24.6. The summed E-state index contributed by atoms with van der Waals surface area (Å²) in [6.07, 6.45) is 7.27. The standard InChI is InChI=1S/C27H30N4O3S/c1-18-9-10-22(19(2)16-18)31(24(32)17-29-26(33)23-8-5-15-35-23)25(20-11-13-28-14-12-20)27(34)30-21-6-3-4-7-21/h5,8-16,21,25H,3-4,6-7,17H2,1-2H3,(H,29,33)(H,30,34). The lowest BCUT2D eigenvalue weighted by Gasteiger charge is -2.33. The Kier molecular flexibility index (Phi) is 7.92. The largest absolute Gasteiger partial charge is 0.351 e. The van der Waals surface area contributed by atoms with Crippen LogP contribution in [0, 0.1) is 13.8 Å². The number of carbonyl (C=O) groups is 3. The van der Waals surface area contributed by atoms with Crippen molar-refractivity contribution in [2.45, 2.75) is 51.6 Å². The van der Waals surface area contributed by atoms with Crippen LogP contribution in [0.1, 0.15) is 58.1 Å². The molecule has 1 aliphatic carbocycles. The highest BCUT2D eigenvalue weighted by atomic mass is 32.1. The van der Waals surface area contributed by atoms with Gasteiger partial charge >= 0.3 is 0 Å². The minimum Gasteiger partial charge on any atom is -0.351 e. The van der Waals surface area contributed by atoms with Crippen LogP contribution in [0.3, 0.4) is 0 Å². The Labute approximate surface area is 209 Å². The van der Waals surface area contributed by atoms with Gasteiger partial charge < -0.3 is 10.6 Å². The van der Waals surface area contributed by atoms with E-state index in [1.54, 1.807) is 36.7 Å². The molecule has 1 unspecified atom stereocenters. The van der Waals surface area contributed by atoms with Gasteiger partial charge in [-0.25, -0.2) is 0 Å². The van der Waals surface area contributed by atoms with Crippen molar-refractivity contribution in [3.05, 3.63) is 81.8 Å². The van der Waals surface area contributed by atoms with Crippen molar-refractivity contribution < 1.29 is 14.4 Å². The molecule has 1 aliphatic rings. The molecule has 1 fully saturated rings. The van der Waals surface area contributed by atoms with Crippen LogP contribution in [0.15, 0.2) is 60.2 Å².